The first-order valence-electron chi connectivity index (χ1n) is 5.84. The summed E-state index contributed by atoms with van der Waals surface area (Å²) in [6.45, 7) is 6.08. The Balaban J connectivity index is 2.32. The van der Waals surface area contributed by atoms with E-state index in [1.54, 1.807) is 0 Å². The predicted molar refractivity (Wildman–Crippen MR) is 71.1 cm³/mol. The summed E-state index contributed by atoms with van der Waals surface area (Å²) >= 11 is 0. The fraction of sp³-hybridized carbons (Fsp3) is 0.538. The zero-order valence-electron chi connectivity index (χ0n) is 10.2. The SMILES string of the molecule is CCCNCCS(=O)Cc1ccccc1C. The molecule has 1 unspecified atom stereocenters. The molecule has 1 aromatic carbocycles. The van der Waals surface area contributed by atoms with Crippen LogP contribution in [0.3, 0.4) is 0 Å². The summed E-state index contributed by atoms with van der Waals surface area (Å²) < 4.78 is 11.8. The minimum absolute atomic E-state index is 0.681. The first-order valence-corrected chi connectivity index (χ1v) is 7.33. The second-order valence-electron chi connectivity index (χ2n) is 3.96. The van der Waals surface area contributed by atoms with Gasteiger partial charge in [0.15, 0.2) is 0 Å². The van der Waals surface area contributed by atoms with Crippen LogP contribution in [0.25, 0.3) is 0 Å². The van der Waals surface area contributed by atoms with E-state index in [2.05, 4.69) is 31.3 Å². The van der Waals surface area contributed by atoms with Crippen molar-refractivity contribution in [3.05, 3.63) is 35.4 Å². The molecule has 0 amide bonds. The van der Waals surface area contributed by atoms with E-state index in [0.717, 1.165) is 25.3 Å². The summed E-state index contributed by atoms with van der Waals surface area (Å²) in [5.74, 6) is 1.43. The maximum Gasteiger partial charge on any atom is 0.0488 e. The van der Waals surface area contributed by atoms with Crippen LogP contribution in [0.4, 0.5) is 0 Å². The van der Waals surface area contributed by atoms with Crippen molar-refractivity contribution in [3.8, 4) is 0 Å². The zero-order valence-corrected chi connectivity index (χ0v) is 11.0. The lowest BCUT2D eigenvalue weighted by molar-refractivity contribution is 0.669. The molecule has 2 nitrogen and oxygen atoms in total. The van der Waals surface area contributed by atoms with Gasteiger partial charge in [0.1, 0.15) is 0 Å². The van der Waals surface area contributed by atoms with Crippen LogP contribution in [-0.4, -0.2) is 23.1 Å². The number of nitrogens with one attached hydrogen (secondary N) is 1. The van der Waals surface area contributed by atoms with E-state index in [1.807, 2.05) is 12.1 Å². The van der Waals surface area contributed by atoms with Gasteiger partial charge in [-0.15, -0.1) is 0 Å². The molecule has 0 aliphatic carbocycles. The Kier molecular flexibility index (Phi) is 6.34. The third-order valence-corrected chi connectivity index (χ3v) is 3.80. The second kappa shape index (κ2) is 7.58. The quantitative estimate of drug-likeness (QED) is 0.739. The van der Waals surface area contributed by atoms with E-state index in [4.69, 9.17) is 0 Å². The Morgan fingerprint density at radius 3 is 2.69 bits per heavy atom. The number of benzene rings is 1. The second-order valence-corrected chi connectivity index (χ2v) is 5.54. The van der Waals surface area contributed by atoms with Crippen LogP contribution in [-0.2, 0) is 16.6 Å². The van der Waals surface area contributed by atoms with E-state index >= 15 is 0 Å². The highest BCUT2D eigenvalue weighted by Crippen LogP contribution is 2.09. The topological polar surface area (TPSA) is 29.1 Å². The molecule has 1 atom stereocenters. The van der Waals surface area contributed by atoms with Crippen LogP contribution in [0.5, 0.6) is 0 Å². The van der Waals surface area contributed by atoms with Gasteiger partial charge >= 0.3 is 0 Å². The lowest BCUT2D eigenvalue weighted by atomic mass is 10.1. The van der Waals surface area contributed by atoms with Crippen molar-refractivity contribution in [2.24, 2.45) is 0 Å². The zero-order chi connectivity index (χ0) is 11.8. The predicted octanol–water partition coefficient (Wildman–Crippen LogP) is 2.24. The number of hydrogen-bond donors (Lipinski definition) is 1. The highest BCUT2D eigenvalue weighted by atomic mass is 32.2. The molecule has 3 heteroatoms. The molecule has 0 aliphatic heterocycles. The molecule has 90 valence electrons. The van der Waals surface area contributed by atoms with Gasteiger partial charge < -0.3 is 5.32 Å². The van der Waals surface area contributed by atoms with Gasteiger partial charge in [0.25, 0.3) is 0 Å². The molecule has 0 saturated heterocycles. The van der Waals surface area contributed by atoms with Gasteiger partial charge in [-0.3, -0.25) is 4.21 Å². The number of aryl methyl sites for hydroxylation is 1. The van der Waals surface area contributed by atoms with Gasteiger partial charge in [-0.05, 0) is 31.0 Å². The van der Waals surface area contributed by atoms with E-state index in [-0.39, 0.29) is 0 Å². The van der Waals surface area contributed by atoms with Crippen LogP contribution in [0, 0.1) is 6.92 Å². The van der Waals surface area contributed by atoms with Gasteiger partial charge in [0.2, 0.25) is 0 Å². The molecule has 16 heavy (non-hydrogen) atoms. The minimum atomic E-state index is -0.747. The fourth-order valence-corrected chi connectivity index (χ4v) is 2.69. The van der Waals surface area contributed by atoms with Crippen LogP contribution < -0.4 is 5.32 Å². The van der Waals surface area contributed by atoms with Crippen molar-refractivity contribution in [1.29, 1.82) is 0 Å². The average molecular weight is 239 g/mol. The van der Waals surface area contributed by atoms with Gasteiger partial charge in [-0.1, -0.05) is 31.2 Å². The van der Waals surface area contributed by atoms with Crippen LogP contribution in [0.2, 0.25) is 0 Å². The van der Waals surface area contributed by atoms with E-state index in [1.165, 1.54) is 11.1 Å². The Morgan fingerprint density at radius 1 is 1.25 bits per heavy atom. The van der Waals surface area contributed by atoms with Crippen molar-refractivity contribution < 1.29 is 4.21 Å². The maximum atomic E-state index is 11.8. The first-order chi connectivity index (χ1) is 7.74. The fourth-order valence-electron chi connectivity index (χ4n) is 1.51. The van der Waals surface area contributed by atoms with Gasteiger partial charge in [-0.2, -0.15) is 0 Å². The van der Waals surface area contributed by atoms with Crippen molar-refractivity contribution in [1.82, 2.24) is 5.32 Å². The standard InChI is InChI=1S/C13H21NOS/c1-3-8-14-9-10-16(15)11-13-7-5-4-6-12(13)2/h4-7,14H,3,8-11H2,1-2H3. The summed E-state index contributed by atoms with van der Waals surface area (Å²) in [6.07, 6.45) is 1.13. The molecular formula is C13H21NOS. The Morgan fingerprint density at radius 2 is 2.00 bits per heavy atom. The molecule has 0 saturated carbocycles. The van der Waals surface area contributed by atoms with Crippen molar-refractivity contribution in [2.45, 2.75) is 26.0 Å². The lowest BCUT2D eigenvalue weighted by Crippen LogP contribution is -2.21. The van der Waals surface area contributed by atoms with Crippen molar-refractivity contribution in [2.75, 3.05) is 18.8 Å². The molecule has 1 rings (SSSR count). The van der Waals surface area contributed by atoms with Crippen LogP contribution >= 0.6 is 0 Å². The molecule has 0 fully saturated rings. The van der Waals surface area contributed by atoms with Crippen LogP contribution in [0.1, 0.15) is 24.5 Å². The third-order valence-electron chi connectivity index (χ3n) is 2.51. The molecule has 1 aromatic rings. The maximum absolute atomic E-state index is 11.8. The highest BCUT2D eigenvalue weighted by Gasteiger charge is 2.03. The number of hydrogen-bond acceptors (Lipinski definition) is 2. The number of rotatable bonds is 7. The Labute approximate surface area is 101 Å². The minimum Gasteiger partial charge on any atom is -0.316 e. The molecule has 0 bridgehead atoms. The summed E-state index contributed by atoms with van der Waals surface area (Å²) in [5.41, 5.74) is 2.44. The lowest BCUT2D eigenvalue weighted by Gasteiger charge is -2.06. The summed E-state index contributed by atoms with van der Waals surface area (Å²) in [6, 6.07) is 8.16. The van der Waals surface area contributed by atoms with Gasteiger partial charge in [0, 0.05) is 28.9 Å². The molecule has 1 N–H and O–H groups in total. The Hall–Kier alpha value is -0.670. The monoisotopic (exact) mass is 239 g/mol. The third kappa shape index (κ3) is 4.90. The van der Waals surface area contributed by atoms with Crippen molar-refractivity contribution in [3.63, 3.8) is 0 Å². The molecule has 0 radical (unpaired) electrons. The smallest absolute Gasteiger partial charge is 0.0488 e. The van der Waals surface area contributed by atoms with Gasteiger partial charge in [-0.25, -0.2) is 0 Å². The molecule has 0 spiro atoms. The summed E-state index contributed by atoms with van der Waals surface area (Å²) in [7, 11) is -0.747. The first kappa shape index (κ1) is 13.4. The molecule has 0 heterocycles. The van der Waals surface area contributed by atoms with E-state index in [0.29, 0.717) is 5.75 Å². The highest BCUT2D eigenvalue weighted by molar-refractivity contribution is 7.84. The summed E-state index contributed by atoms with van der Waals surface area (Å²) in [4.78, 5) is 0. The Bertz CT molecular complexity index is 338. The van der Waals surface area contributed by atoms with Crippen LogP contribution in [0.15, 0.2) is 24.3 Å². The average Bonchev–Trinajstić information content (AvgIpc) is 2.28. The van der Waals surface area contributed by atoms with E-state index < -0.39 is 10.8 Å². The largest absolute Gasteiger partial charge is 0.316 e. The molecule has 0 aliphatic rings. The molecular weight excluding hydrogens is 218 g/mol. The van der Waals surface area contributed by atoms with E-state index in [9.17, 15) is 4.21 Å². The molecule has 0 aromatic heterocycles. The van der Waals surface area contributed by atoms with Crippen molar-refractivity contribution >= 4 is 10.8 Å². The van der Waals surface area contributed by atoms with Gasteiger partial charge in [0.05, 0.1) is 0 Å². The summed E-state index contributed by atoms with van der Waals surface area (Å²) in [5, 5.41) is 3.27. The normalized spacial score (nSPS) is 12.6.